The first-order chi connectivity index (χ1) is 30.5. The van der Waals surface area contributed by atoms with Crippen LogP contribution in [-0.4, -0.2) is 15.8 Å². The minimum absolute atomic E-state index is 0.0176. The van der Waals surface area contributed by atoms with Gasteiger partial charge in [-0.1, -0.05) is 165 Å². The van der Waals surface area contributed by atoms with E-state index in [1.165, 1.54) is 148 Å². The molecule has 0 saturated carbocycles. The lowest BCUT2D eigenvalue weighted by Gasteiger charge is -2.27. The number of hydrogen-bond acceptors (Lipinski definition) is 0. The quantitative estimate of drug-likeness (QED) is 0.121. The lowest BCUT2D eigenvalue weighted by Crippen LogP contribution is -2.56. The Morgan fingerprint density at radius 1 is 0.349 bits per heavy atom. The standard InChI is InChI=1S/C60H49BN2/c1-34-27-36(3)59(37(4)28-34)61(60-38(5)29-35(2)30-39(60)6)52-33-49(42-20-26-56-51(32-42)45-14-10-12-16-54(45)63(56)8)47-22-18-40-17-21-43(46-23-24-48(52)58(47)57(40)46)41-19-25-55-50(31-41)44-13-9-11-15-53(44)62(55)7/h9-33H,1-8H3. The summed E-state index contributed by atoms with van der Waals surface area (Å²) in [7, 11) is 4.37. The van der Waals surface area contributed by atoms with Crippen LogP contribution in [0, 0.1) is 41.5 Å². The maximum atomic E-state index is 2.57. The Balaban J connectivity index is 1.22. The highest BCUT2D eigenvalue weighted by molar-refractivity contribution is 6.98. The lowest BCUT2D eigenvalue weighted by molar-refractivity contribution is 1.01. The predicted octanol–water partition coefficient (Wildman–Crippen LogP) is 13.6. The summed E-state index contributed by atoms with van der Waals surface area (Å²) in [6.07, 6.45) is 0. The molecule has 0 aliphatic rings. The van der Waals surface area contributed by atoms with Gasteiger partial charge in [0.25, 0.3) is 0 Å². The van der Waals surface area contributed by atoms with Crippen LogP contribution in [0.2, 0.25) is 0 Å². The summed E-state index contributed by atoms with van der Waals surface area (Å²) in [5, 5.41) is 13.0. The molecule has 63 heavy (non-hydrogen) atoms. The smallest absolute Gasteiger partial charge is 0.243 e. The summed E-state index contributed by atoms with van der Waals surface area (Å²) in [4.78, 5) is 0. The van der Waals surface area contributed by atoms with Crippen LogP contribution in [-0.2, 0) is 14.1 Å². The third-order valence-corrected chi connectivity index (χ3v) is 14.6. The van der Waals surface area contributed by atoms with E-state index in [1.807, 2.05) is 0 Å². The summed E-state index contributed by atoms with van der Waals surface area (Å²) in [6.45, 7) is 13.8. The van der Waals surface area contributed by atoms with E-state index in [1.54, 1.807) is 0 Å². The number of rotatable bonds is 5. The molecule has 0 bridgehead atoms. The highest BCUT2D eigenvalue weighted by Gasteiger charge is 2.32. The molecular formula is C60H49BN2. The van der Waals surface area contributed by atoms with Crippen molar-refractivity contribution < 1.29 is 0 Å². The van der Waals surface area contributed by atoms with Crippen molar-refractivity contribution in [2.45, 2.75) is 41.5 Å². The SMILES string of the molecule is Cc1cc(C)c(B(c2c(C)cc(C)cc2C)c2cc(-c3ccc4c(c3)c3ccccc3n4C)c3ccc4ccc(-c5ccc6c(c5)c5ccccc5n6C)c5ccc2c3c45)c(C)c1. The maximum absolute atomic E-state index is 2.57. The van der Waals surface area contributed by atoms with Crippen molar-refractivity contribution in [2.75, 3.05) is 0 Å². The van der Waals surface area contributed by atoms with Gasteiger partial charge in [0.2, 0.25) is 6.71 Å². The molecule has 0 saturated heterocycles. The van der Waals surface area contributed by atoms with Crippen LogP contribution < -0.4 is 16.4 Å². The number of hydrogen-bond donors (Lipinski definition) is 0. The van der Waals surface area contributed by atoms with Gasteiger partial charge in [-0.15, -0.1) is 0 Å². The van der Waals surface area contributed by atoms with Crippen molar-refractivity contribution in [3.05, 3.63) is 185 Å². The van der Waals surface area contributed by atoms with Gasteiger partial charge < -0.3 is 9.13 Å². The van der Waals surface area contributed by atoms with Crippen LogP contribution in [0.4, 0.5) is 0 Å². The number of nitrogens with zero attached hydrogens (tertiary/aromatic N) is 2. The molecule has 0 fully saturated rings. The fourth-order valence-corrected chi connectivity index (χ4v) is 12.1. The van der Waals surface area contributed by atoms with Gasteiger partial charge in [0.1, 0.15) is 0 Å². The van der Waals surface area contributed by atoms with Crippen LogP contribution in [0.1, 0.15) is 33.4 Å². The van der Waals surface area contributed by atoms with Gasteiger partial charge in [-0.2, -0.15) is 0 Å². The van der Waals surface area contributed by atoms with Crippen LogP contribution in [0.15, 0.2) is 152 Å². The average molecular weight is 809 g/mol. The van der Waals surface area contributed by atoms with Crippen molar-refractivity contribution in [1.82, 2.24) is 9.13 Å². The molecule has 302 valence electrons. The molecule has 0 atom stereocenters. The van der Waals surface area contributed by atoms with Crippen molar-refractivity contribution in [3.8, 4) is 22.3 Å². The van der Waals surface area contributed by atoms with Gasteiger partial charge in [-0.25, -0.2) is 0 Å². The zero-order valence-electron chi connectivity index (χ0n) is 37.4. The van der Waals surface area contributed by atoms with E-state index in [0.29, 0.717) is 0 Å². The normalized spacial score (nSPS) is 12.1. The lowest BCUT2D eigenvalue weighted by atomic mass is 9.33. The number of fused-ring (bicyclic) bond motifs is 6. The van der Waals surface area contributed by atoms with Crippen molar-refractivity contribution in [2.24, 2.45) is 14.1 Å². The molecule has 0 spiro atoms. The molecule has 0 N–H and O–H groups in total. The fourth-order valence-electron chi connectivity index (χ4n) is 12.1. The minimum atomic E-state index is 0.0176. The zero-order chi connectivity index (χ0) is 43.0. The molecule has 3 heteroatoms. The molecule has 12 aromatic rings. The Morgan fingerprint density at radius 3 is 1.35 bits per heavy atom. The highest BCUT2D eigenvalue weighted by atomic mass is 14.9. The predicted molar refractivity (Wildman–Crippen MR) is 275 cm³/mol. The topological polar surface area (TPSA) is 9.86 Å². The molecule has 0 aliphatic heterocycles. The summed E-state index contributed by atoms with van der Waals surface area (Å²) in [6, 6.07) is 58.3. The Morgan fingerprint density at radius 2 is 0.794 bits per heavy atom. The molecule has 0 unspecified atom stereocenters. The molecule has 10 aromatic carbocycles. The Kier molecular flexibility index (Phi) is 8.19. The van der Waals surface area contributed by atoms with Crippen LogP contribution in [0.3, 0.4) is 0 Å². The second-order valence-electron chi connectivity index (χ2n) is 18.5. The molecule has 2 aromatic heterocycles. The summed E-state index contributed by atoms with van der Waals surface area (Å²) < 4.78 is 4.66. The van der Waals surface area contributed by atoms with E-state index in [4.69, 9.17) is 0 Å². The van der Waals surface area contributed by atoms with E-state index in [0.717, 1.165) is 0 Å². The number of aromatic nitrogens is 2. The molecule has 2 nitrogen and oxygen atoms in total. The Labute approximate surface area is 369 Å². The van der Waals surface area contributed by atoms with Crippen molar-refractivity contribution in [3.63, 3.8) is 0 Å². The summed E-state index contributed by atoms with van der Waals surface area (Å²) in [5.74, 6) is 0. The Bertz CT molecular complexity index is 3790. The first kappa shape index (κ1) is 37.6. The Hall–Kier alpha value is -7.10. The van der Waals surface area contributed by atoms with Gasteiger partial charge >= 0.3 is 0 Å². The molecule has 0 aliphatic carbocycles. The van der Waals surface area contributed by atoms with Gasteiger partial charge in [0.05, 0.1) is 0 Å². The number of benzene rings is 10. The minimum Gasteiger partial charge on any atom is -0.344 e. The van der Waals surface area contributed by atoms with Gasteiger partial charge in [-0.3, -0.25) is 0 Å². The molecule has 0 radical (unpaired) electrons. The molecule has 12 rings (SSSR count). The van der Waals surface area contributed by atoms with E-state index >= 15 is 0 Å². The third-order valence-electron chi connectivity index (χ3n) is 14.6. The summed E-state index contributed by atoms with van der Waals surface area (Å²) >= 11 is 0. The summed E-state index contributed by atoms with van der Waals surface area (Å²) in [5.41, 5.74) is 22.2. The van der Waals surface area contributed by atoms with Crippen LogP contribution in [0.25, 0.3) is 98.2 Å². The second kappa shape index (κ2) is 13.7. The number of aryl methyl sites for hydroxylation is 8. The van der Waals surface area contributed by atoms with Crippen molar-refractivity contribution >= 4 is 99.0 Å². The maximum Gasteiger partial charge on any atom is 0.243 e. The zero-order valence-corrected chi connectivity index (χ0v) is 37.4. The third kappa shape index (κ3) is 5.45. The van der Waals surface area contributed by atoms with Gasteiger partial charge in [-0.05, 0) is 133 Å². The molecule has 2 heterocycles. The average Bonchev–Trinajstić information content (AvgIpc) is 3.73. The second-order valence-corrected chi connectivity index (χ2v) is 18.5. The number of para-hydroxylation sites is 2. The first-order valence-electron chi connectivity index (χ1n) is 22.4. The highest BCUT2D eigenvalue weighted by Crippen LogP contribution is 2.44. The molecular weight excluding hydrogens is 759 g/mol. The first-order valence-corrected chi connectivity index (χ1v) is 22.4. The van der Waals surface area contributed by atoms with Gasteiger partial charge in [0.15, 0.2) is 0 Å². The van der Waals surface area contributed by atoms with Gasteiger partial charge in [0, 0.05) is 57.7 Å². The van der Waals surface area contributed by atoms with E-state index in [9.17, 15) is 0 Å². The van der Waals surface area contributed by atoms with Crippen LogP contribution in [0.5, 0.6) is 0 Å². The van der Waals surface area contributed by atoms with E-state index < -0.39 is 0 Å². The molecule has 0 amide bonds. The largest absolute Gasteiger partial charge is 0.344 e. The van der Waals surface area contributed by atoms with E-state index in [2.05, 4.69) is 216 Å². The van der Waals surface area contributed by atoms with Crippen molar-refractivity contribution in [1.29, 1.82) is 0 Å². The fraction of sp³-hybridized carbons (Fsp3) is 0.133. The van der Waals surface area contributed by atoms with E-state index in [-0.39, 0.29) is 6.71 Å². The monoisotopic (exact) mass is 808 g/mol. The van der Waals surface area contributed by atoms with Crippen LogP contribution >= 0.6 is 0 Å².